The van der Waals surface area contributed by atoms with Crippen molar-refractivity contribution in [2.45, 2.75) is 55.4 Å². The van der Waals surface area contributed by atoms with E-state index in [-0.39, 0.29) is 0 Å². The number of azo groups is 1. The maximum absolute atomic E-state index is 4.59. The molecule has 0 aliphatic heterocycles. The van der Waals surface area contributed by atoms with Gasteiger partial charge in [-0.15, -0.1) is 21.6 Å². The number of aryl methyl sites for hydroxylation is 1. The van der Waals surface area contributed by atoms with Crippen molar-refractivity contribution >= 4 is 22.0 Å². The first-order valence-corrected chi connectivity index (χ1v) is 8.12. The molecular formula is C18H24N2S. The van der Waals surface area contributed by atoms with Gasteiger partial charge in [0.05, 0.1) is 5.69 Å². The maximum Gasteiger partial charge on any atom is 0.142 e. The van der Waals surface area contributed by atoms with Gasteiger partial charge in [0.15, 0.2) is 0 Å². The first-order valence-electron chi connectivity index (χ1n) is 7.31. The number of thiophene rings is 1. The summed E-state index contributed by atoms with van der Waals surface area (Å²) in [6.07, 6.45) is 0. The number of benzene rings is 1. The average molecular weight is 300 g/mol. The third-order valence-electron chi connectivity index (χ3n) is 4.86. The number of hydrogen-bond donors (Lipinski definition) is 0. The fraction of sp³-hybridized carbons (Fsp3) is 0.444. The molecule has 0 amide bonds. The van der Waals surface area contributed by atoms with Gasteiger partial charge >= 0.3 is 0 Å². The standard InChI is InChI=1S/C18H24N2S/c1-9-10(2)13(5)17(14(6)11(9)3)19-20-18-15(7)12(4)16(8)21-18/h1-8H3. The van der Waals surface area contributed by atoms with Crippen LogP contribution < -0.4 is 0 Å². The summed E-state index contributed by atoms with van der Waals surface area (Å²) in [5.41, 5.74) is 10.1. The van der Waals surface area contributed by atoms with Crippen LogP contribution in [-0.4, -0.2) is 0 Å². The summed E-state index contributed by atoms with van der Waals surface area (Å²) < 4.78 is 0. The van der Waals surface area contributed by atoms with Gasteiger partial charge in [0.25, 0.3) is 0 Å². The predicted molar refractivity (Wildman–Crippen MR) is 92.8 cm³/mol. The van der Waals surface area contributed by atoms with Crippen LogP contribution in [-0.2, 0) is 0 Å². The lowest BCUT2D eigenvalue weighted by Gasteiger charge is -2.14. The highest BCUT2D eigenvalue weighted by atomic mass is 32.1. The minimum atomic E-state index is 1.03. The van der Waals surface area contributed by atoms with Crippen molar-refractivity contribution in [3.05, 3.63) is 43.8 Å². The fourth-order valence-corrected chi connectivity index (χ4v) is 3.53. The van der Waals surface area contributed by atoms with E-state index >= 15 is 0 Å². The topological polar surface area (TPSA) is 24.7 Å². The Morgan fingerprint density at radius 3 is 1.43 bits per heavy atom. The van der Waals surface area contributed by atoms with Gasteiger partial charge in [0.1, 0.15) is 5.00 Å². The summed E-state index contributed by atoms with van der Waals surface area (Å²) in [6.45, 7) is 17.2. The third kappa shape index (κ3) is 2.67. The second kappa shape index (κ2) is 5.72. The van der Waals surface area contributed by atoms with E-state index in [2.05, 4.69) is 65.6 Å². The summed E-state index contributed by atoms with van der Waals surface area (Å²) >= 11 is 1.72. The fourth-order valence-electron chi connectivity index (χ4n) is 2.54. The van der Waals surface area contributed by atoms with Crippen LogP contribution in [0.5, 0.6) is 0 Å². The van der Waals surface area contributed by atoms with Crippen LogP contribution in [0.2, 0.25) is 0 Å². The summed E-state index contributed by atoms with van der Waals surface area (Å²) in [5.74, 6) is 0. The zero-order valence-corrected chi connectivity index (χ0v) is 15.1. The van der Waals surface area contributed by atoms with Gasteiger partial charge in [-0.2, -0.15) is 0 Å². The number of nitrogens with zero attached hydrogens (tertiary/aromatic N) is 2. The zero-order valence-electron chi connectivity index (χ0n) is 14.3. The van der Waals surface area contributed by atoms with E-state index in [0.29, 0.717) is 0 Å². The minimum absolute atomic E-state index is 1.03. The van der Waals surface area contributed by atoms with E-state index in [1.807, 2.05) is 0 Å². The Labute approximate surface area is 131 Å². The molecule has 0 N–H and O–H groups in total. The Morgan fingerprint density at radius 1 is 0.524 bits per heavy atom. The van der Waals surface area contributed by atoms with Crippen molar-refractivity contribution in [3.8, 4) is 0 Å². The van der Waals surface area contributed by atoms with Crippen molar-refractivity contribution < 1.29 is 0 Å². The third-order valence-corrected chi connectivity index (χ3v) is 6.06. The molecule has 0 spiro atoms. The van der Waals surface area contributed by atoms with Crippen LogP contribution in [0.15, 0.2) is 10.2 Å². The second-order valence-corrected chi connectivity index (χ2v) is 7.09. The first-order chi connectivity index (χ1) is 9.75. The average Bonchev–Trinajstić information content (AvgIpc) is 2.70. The van der Waals surface area contributed by atoms with Gasteiger partial charge in [0.2, 0.25) is 0 Å². The van der Waals surface area contributed by atoms with Gasteiger partial charge in [0, 0.05) is 4.88 Å². The summed E-state index contributed by atoms with van der Waals surface area (Å²) in [5, 5.41) is 10.2. The van der Waals surface area contributed by atoms with Gasteiger partial charge in [-0.25, -0.2) is 0 Å². The smallest absolute Gasteiger partial charge is 0.142 e. The largest absolute Gasteiger partial charge is 0.149 e. The maximum atomic E-state index is 4.59. The monoisotopic (exact) mass is 300 g/mol. The number of rotatable bonds is 2. The molecule has 0 fully saturated rings. The highest BCUT2D eigenvalue weighted by Gasteiger charge is 2.13. The first kappa shape index (κ1) is 15.9. The molecule has 3 heteroatoms. The van der Waals surface area contributed by atoms with Gasteiger partial charge in [-0.3, -0.25) is 0 Å². The van der Waals surface area contributed by atoms with Crippen molar-refractivity contribution in [2.24, 2.45) is 10.2 Å². The molecule has 0 saturated heterocycles. The van der Waals surface area contributed by atoms with Crippen LogP contribution in [0.3, 0.4) is 0 Å². The van der Waals surface area contributed by atoms with Crippen LogP contribution in [0.1, 0.15) is 43.8 Å². The quantitative estimate of drug-likeness (QED) is 0.556. The van der Waals surface area contributed by atoms with Gasteiger partial charge in [-0.1, -0.05) is 0 Å². The van der Waals surface area contributed by atoms with E-state index in [4.69, 9.17) is 0 Å². The number of hydrogen-bond acceptors (Lipinski definition) is 3. The molecule has 1 aromatic heterocycles. The van der Waals surface area contributed by atoms with E-state index in [9.17, 15) is 0 Å². The molecular weight excluding hydrogens is 276 g/mol. The van der Waals surface area contributed by atoms with Crippen LogP contribution in [0, 0.1) is 55.4 Å². The van der Waals surface area contributed by atoms with Crippen molar-refractivity contribution in [2.75, 3.05) is 0 Å². The van der Waals surface area contributed by atoms with Crippen molar-refractivity contribution in [3.63, 3.8) is 0 Å². The molecule has 0 aliphatic rings. The zero-order chi connectivity index (χ0) is 15.9. The van der Waals surface area contributed by atoms with Crippen LogP contribution in [0.4, 0.5) is 10.7 Å². The van der Waals surface area contributed by atoms with Crippen LogP contribution >= 0.6 is 11.3 Å². The molecule has 2 nitrogen and oxygen atoms in total. The van der Waals surface area contributed by atoms with E-state index in [1.54, 1.807) is 11.3 Å². The molecule has 0 unspecified atom stereocenters. The lowest BCUT2D eigenvalue weighted by Crippen LogP contribution is -1.95. The molecule has 0 saturated carbocycles. The molecule has 2 aromatic rings. The Kier molecular flexibility index (Phi) is 4.33. The molecule has 1 heterocycles. The normalized spacial score (nSPS) is 11.6. The van der Waals surface area contributed by atoms with E-state index in [0.717, 1.165) is 10.7 Å². The minimum Gasteiger partial charge on any atom is -0.149 e. The van der Waals surface area contributed by atoms with Gasteiger partial charge < -0.3 is 0 Å². The molecule has 0 atom stereocenters. The van der Waals surface area contributed by atoms with E-state index < -0.39 is 0 Å². The Bertz CT molecular complexity index is 707. The molecule has 0 bridgehead atoms. The van der Waals surface area contributed by atoms with Crippen LogP contribution in [0.25, 0.3) is 0 Å². The Balaban J connectivity index is 2.54. The van der Waals surface area contributed by atoms with Crippen molar-refractivity contribution in [1.82, 2.24) is 0 Å². The summed E-state index contributed by atoms with van der Waals surface area (Å²) in [7, 11) is 0. The van der Waals surface area contributed by atoms with Gasteiger partial charge in [-0.05, 0) is 94.3 Å². The molecule has 0 aliphatic carbocycles. The lowest BCUT2D eigenvalue weighted by atomic mass is 9.93. The summed E-state index contributed by atoms with van der Waals surface area (Å²) in [6, 6.07) is 0. The highest BCUT2D eigenvalue weighted by Crippen LogP contribution is 2.37. The second-order valence-electron chi connectivity index (χ2n) is 5.89. The molecule has 112 valence electrons. The molecule has 0 radical (unpaired) electrons. The lowest BCUT2D eigenvalue weighted by molar-refractivity contribution is 1.12. The summed E-state index contributed by atoms with van der Waals surface area (Å²) in [4.78, 5) is 1.33. The Morgan fingerprint density at radius 2 is 1.00 bits per heavy atom. The Hall–Kier alpha value is -1.48. The van der Waals surface area contributed by atoms with E-state index in [1.165, 1.54) is 43.8 Å². The molecule has 2 rings (SSSR count). The predicted octanol–water partition coefficient (Wildman–Crippen LogP) is 6.63. The van der Waals surface area contributed by atoms with Crippen molar-refractivity contribution in [1.29, 1.82) is 0 Å². The highest BCUT2D eigenvalue weighted by molar-refractivity contribution is 7.16. The SMILES string of the molecule is Cc1sc(N=Nc2c(C)c(C)c(C)c(C)c2C)c(C)c1C. The molecule has 21 heavy (non-hydrogen) atoms. The molecule has 1 aromatic carbocycles.